The lowest BCUT2D eigenvalue weighted by Gasteiger charge is -2.37. The largest absolute Gasteiger partial charge is 0.480 e. The van der Waals surface area contributed by atoms with Crippen LogP contribution in [0.1, 0.15) is 38.7 Å². The topological polar surface area (TPSA) is 60.9 Å². The summed E-state index contributed by atoms with van der Waals surface area (Å²) in [5, 5.41) is 9.00. The van der Waals surface area contributed by atoms with Gasteiger partial charge in [-0.15, -0.1) is 0 Å². The first-order chi connectivity index (χ1) is 12.8. The highest BCUT2D eigenvalue weighted by molar-refractivity contribution is 5.85. The minimum Gasteiger partial charge on any atom is -0.480 e. The maximum Gasteiger partial charge on any atom is 0.317 e. The summed E-state index contributed by atoms with van der Waals surface area (Å²) in [5.74, 6) is -0.503. The molecule has 2 aliphatic rings. The van der Waals surface area contributed by atoms with Gasteiger partial charge in [0.2, 0.25) is 5.91 Å². The SMILES string of the molecule is CC(C)CN1C(=O)C2(CCN(CC(=O)O)CC2)C[C@@H]1Cc1cccc(F)c1. The number of aliphatic carboxylic acids is 1. The van der Waals surface area contributed by atoms with Crippen molar-refractivity contribution in [1.82, 2.24) is 9.80 Å². The lowest BCUT2D eigenvalue weighted by atomic mass is 9.75. The molecule has 0 saturated carbocycles. The van der Waals surface area contributed by atoms with Crippen molar-refractivity contribution in [2.45, 2.75) is 45.6 Å². The van der Waals surface area contributed by atoms with Crippen LogP contribution in [-0.4, -0.2) is 59.0 Å². The van der Waals surface area contributed by atoms with Crippen LogP contribution in [0.3, 0.4) is 0 Å². The van der Waals surface area contributed by atoms with Gasteiger partial charge in [-0.2, -0.15) is 0 Å². The number of piperidine rings is 1. The van der Waals surface area contributed by atoms with E-state index in [2.05, 4.69) is 13.8 Å². The van der Waals surface area contributed by atoms with E-state index < -0.39 is 5.97 Å². The highest BCUT2D eigenvalue weighted by atomic mass is 19.1. The minimum atomic E-state index is -0.825. The molecule has 1 aromatic rings. The summed E-state index contributed by atoms with van der Waals surface area (Å²) in [6.45, 7) is 6.23. The van der Waals surface area contributed by atoms with Gasteiger partial charge in [-0.25, -0.2) is 4.39 Å². The molecule has 1 aromatic carbocycles. The Morgan fingerprint density at radius 3 is 2.63 bits per heavy atom. The Morgan fingerprint density at radius 1 is 1.33 bits per heavy atom. The number of carboxylic acid groups (broad SMARTS) is 1. The van der Waals surface area contributed by atoms with Gasteiger partial charge in [0, 0.05) is 12.6 Å². The van der Waals surface area contributed by atoms with Crippen molar-refractivity contribution in [3.05, 3.63) is 35.6 Å². The number of amides is 1. The van der Waals surface area contributed by atoms with Crippen molar-refractivity contribution in [3.63, 3.8) is 0 Å². The smallest absolute Gasteiger partial charge is 0.317 e. The van der Waals surface area contributed by atoms with Crippen molar-refractivity contribution in [2.24, 2.45) is 11.3 Å². The highest BCUT2D eigenvalue weighted by Crippen LogP contribution is 2.45. The number of rotatable bonds is 6. The number of carbonyl (C=O) groups is 2. The third kappa shape index (κ3) is 4.49. The third-order valence-corrected chi connectivity index (χ3v) is 5.88. The summed E-state index contributed by atoms with van der Waals surface area (Å²) < 4.78 is 13.6. The Balaban J connectivity index is 1.75. The first-order valence-corrected chi connectivity index (χ1v) is 9.79. The van der Waals surface area contributed by atoms with Gasteiger partial charge in [-0.05, 0) is 62.4 Å². The fraction of sp³-hybridized carbons (Fsp3) is 0.619. The Hall–Kier alpha value is -1.95. The molecule has 2 saturated heterocycles. The summed E-state index contributed by atoms with van der Waals surface area (Å²) in [7, 11) is 0. The molecule has 2 aliphatic heterocycles. The van der Waals surface area contributed by atoms with Gasteiger partial charge in [0.15, 0.2) is 0 Å². The number of nitrogens with zero attached hydrogens (tertiary/aromatic N) is 2. The van der Waals surface area contributed by atoms with Gasteiger partial charge in [0.25, 0.3) is 0 Å². The van der Waals surface area contributed by atoms with Crippen LogP contribution in [-0.2, 0) is 16.0 Å². The van der Waals surface area contributed by atoms with Crippen molar-refractivity contribution >= 4 is 11.9 Å². The number of halogens is 1. The first-order valence-electron chi connectivity index (χ1n) is 9.79. The van der Waals surface area contributed by atoms with Crippen molar-refractivity contribution in [1.29, 1.82) is 0 Å². The number of likely N-dealkylation sites (tertiary alicyclic amines) is 2. The van der Waals surface area contributed by atoms with E-state index in [1.165, 1.54) is 6.07 Å². The van der Waals surface area contributed by atoms with E-state index in [0.717, 1.165) is 12.0 Å². The molecule has 2 heterocycles. The van der Waals surface area contributed by atoms with Crippen molar-refractivity contribution < 1.29 is 19.1 Å². The summed E-state index contributed by atoms with van der Waals surface area (Å²) in [5.41, 5.74) is 0.531. The van der Waals surface area contributed by atoms with E-state index in [1.54, 1.807) is 12.1 Å². The number of carboxylic acids is 1. The van der Waals surface area contributed by atoms with Crippen LogP contribution in [0.25, 0.3) is 0 Å². The molecule has 1 amide bonds. The second kappa shape index (κ2) is 7.97. The van der Waals surface area contributed by atoms with Gasteiger partial charge >= 0.3 is 5.97 Å². The summed E-state index contributed by atoms with van der Waals surface area (Å²) in [6.07, 6.45) is 2.84. The van der Waals surface area contributed by atoms with Crippen LogP contribution in [0, 0.1) is 17.2 Å². The molecule has 2 fully saturated rings. The molecule has 1 N–H and O–H groups in total. The average molecular weight is 376 g/mol. The second-order valence-electron chi connectivity index (χ2n) is 8.49. The average Bonchev–Trinajstić information content (AvgIpc) is 2.82. The zero-order valence-corrected chi connectivity index (χ0v) is 16.2. The van der Waals surface area contributed by atoms with Gasteiger partial charge in [-0.1, -0.05) is 26.0 Å². The predicted molar refractivity (Wildman–Crippen MR) is 101 cm³/mol. The zero-order valence-electron chi connectivity index (χ0n) is 16.2. The first kappa shape index (κ1) is 19.8. The highest BCUT2D eigenvalue weighted by Gasteiger charge is 2.52. The summed E-state index contributed by atoms with van der Waals surface area (Å²) in [4.78, 5) is 28.2. The quantitative estimate of drug-likeness (QED) is 0.829. The Kier molecular flexibility index (Phi) is 5.84. The lowest BCUT2D eigenvalue weighted by molar-refractivity contribution is -0.141. The molecule has 27 heavy (non-hydrogen) atoms. The molecule has 148 valence electrons. The van der Waals surface area contributed by atoms with E-state index in [-0.39, 0.29) is 29.7 Å². The van der Waals surface area contributed by atoms with Crippen molar-refractivity contribution in [3.8, 4) is 0 Å². The number of benzene rings is 1. The molecule has 1 atom stereocenters. The monoisotopic (exact) mass is 376 g/mol. The Bertz CT molecular complexity index is 698. The van der Waals surface area contributed by atoms with E-state index in [1.807, 2.05) is 15.9 Å². The third-order valence-electron chi connectivity index (χ3n) is 5.88. The molecule has 0 radical (unpaired) electrons. The number of hydrogen-bond acceptors (Lipinski definition) is 3. The molecule has 0 unspecified atom stereocenters. The number of hydrogen-bond donors (Lipinski definition) is 1. The van der Waals surface area contributed by atoms with E-state index in [0.29, 0.717) is 44.8 Å². The van der Waals surface area contributed by atoms with Crippen LogP contribution in [0.4, 0.5) is 4.39 Å². The van der Waals surface area contributed by atoms with Crippen LogP contribution < -0.4 is 0 Å². The molecule has 3 rings (SSSR count). The molecule has 0 bridgehead atoms. The molecule has 0 aromatic heterocycles. The zero-order chi connectivity index (χ0) is 19.6. The standard InChI is InChI=1S/C21H29FN2O3/c1-15(2)13-24-18(11-16-4-3-5-17(22)10-16)12-21(20(24)27)6-8-23(9-7-21)14-19(25)26/h3-5,10,15,18H,6-9,11-14H2,1-2H3,(H,25,26)/t18-/m0/s1. The minimum absolute atomic E-state index is 0.0344. The van der Waals surface area contributed by atoms with E-state index in [9.17, 15) is 14.0 Å². The molecular formula is C21H29FN2O3. The Labute approximate surface area is 160 Å². The fourth-order valence-electron chi connectivity index (χ4n) is 4.61. The maximum absolute atomic E-state index is 13.6. The molecule has 0 aliphatic carbocycles. The van der Waals surface area contributed by atoms with Crippen LogP contribution in [0.15, 0.2) is 24.3 Å². The van der Waals surface area contributed by atoms with Gasteiger partial charge in [0.1, 0.15) is 5.82 Å². The predicted octanol–water partition coefficient (Wildman–Crippen LogP) is 2.79. The second-order valence-corrected chi connectivity index (χ2v) is 8.49. The molecular weight excluding hydrogens is 347 g/mol. The molecule has 5 nitrogen and oxygen atoms in total. The van der Waals surface area contributed by atoms with Crippen LogP contribution in [0.2, 0.25) is 0 Å². The van der Waals surface area contributed by atoms with Gasteiger partial charge in [-0.3, -0.25) is 14.5 Å². The Morgan fingerprint density at radius 2 is 2.04 bits per heavy atom. The molecule has 1 spiro atoms. The summed E-state index contributed by atoms with van der Waals surface area (Å²) in [6, 6.07) is 6.70. The van der Waals surface area contributed by atoms with Crippen LogP contribution >= 0.6 is 0 Å². The fourth-order valence-corrected chi connectivity index (χ4v) is 4.61. The van der Waals surface area contributed by atoms with E-state index in [4.69, 9.17) is 5.11 Å². The van der Waals surface area contributed by atoms with Crippen molar-refractivity contribution in [2.75, 3.05) is 26.2 Å². The maximum atomic E-state index is 13.6. The van der Waals surface area contributed by atoms with Gasteiger partial charge in [0.05, 0.1) is 12.0 Å². The van der Waals surface area contributed by atoms with Crippen LogP contribution in [0.5, 0.6) is 0 Å². The number of carbonyl (C=O) groups excluding carboxylic acids is 1. The normalized spacial score (nSPS) is 22.7. The molecule has 6 heteroatoms. The summed E-state index contributed by atoms with van der Waals surface area (Å²) >= 11 is 0. The van der Waals surface area contributed by atoms with E-state index >= 15 is 0 Å². The lowest BCUT2D eigenvalue weighted by Crippen LogP contribution is -2.46. The van der Waals surface area contributed by atoms with Gasteiger partial charge < -0.3 is 10.0 Å².